The van der Waals surface area contributed by atoms with Gasteiger partial charge in [0.15, 0.2) is 11.5 Å². The first-order valence-electron chi connectivity index (χ1n) is 8.77. The largest absolute Gasteiger partial charge is 0.493 e. The summed E-state index contributed by atoms with van der Waals surface area (Å²) in [5.74, 6) is 1.13. The Morgan fingerprint density at radius 2 is 1.88 bits per heavy atom. The minimum absolute atomic E-state index is 0.0501. The third-order valence-electron chi connectivity index (χ3n) is 4.51. The molecule has 2 aromatic rings. The van der Waals surface area contributed by atoms with Gasteiger partial charge in [0.1, 0.15) is 6.61 Å². The third-order valence-corrected chi connectivity index (χ3v) is 4.51. The van der Waals surface area contributed by atoms with Crippen molar-refractivity contribution in [3.05, 3.63) is 53.9 Å². The van der Waals surface area contributed by atoms with Crippen LogP contribution in [0.1, 0.15) is 48.0 Å². The maximum Gasteiger partial charge on any atom is 0.251 e. The van der Waals surface area contributed by atoms with Gasteiger partial charge in [-0.05, 0) is 48.7 Å². The summed E-state index contributed by atoms with van der Waals surface area (Å²) in [5.41, 5.74) is 1.62. The number of ether oxygens (including phenoxy) is 2. The van der Waals surface area contributed by atoms with Gasteiger partial charge in [-0.15, -0.1) is 0 Å². The number of nitrogens with zero attached hydrogens (tertiary/aromatic N) is 1. The maximum absolute atomic E-state index is 12.5. The Morgan fingerprint density at radius 3 is 2.60 bits per heavy atom. The van der Waals surface area contributed by atoms with E-state index in [2.05, 4.69) is 10.3 Å². The molecular formula is C20H24N2O3. The van der Waals surface area contributed by atoms with Crippen LogP contribution in [-0.2, 0) is 6.61 Å². The lowest BCUT2D eigenvalue weighted by Gasteiger charge is -2.23. The molecule has 0 radical (unpaired) electrons. The fourth-order valence-corrected chi connectivity index (χ4v) is 3.08. The molecule has 132 valence electrons. The highest BCUT2D eigenvalue weighted by Crippen LogP contribution is 2.29. The summed E-state index contributed by atoms with van der Waals surface area (Å²) in [4.78, 5) is 16.4. The molecule has 1 aliphatic carbocycles. The molecule has 1 fully saturated rings. The standard InChI is InChI=1S/C20H24N2O3/c1-24-19-13-16(20(23)22-17-5-3-2-4-6-17)7-8-18(19)25-14-15-9-11-21-12-10-15/h7-13,17H,2-6,14H2,1H3,(H,22,23). The number of pyridine rings is 1. The number of rotatable bonds is 6. The van der Waals surface area contributed by atoms with E-state index >= 15 is 0 Å². The minimum Gasteiger partial charge on any atom is -0.493 e. The predicted octanol–water partition coefficient (Wildman–Crippen LogP) is 3.73. The second kappa shape index (κ2) is 8.51. The number of aromatic nitrogens is 1. The first kappa shape index (κ1) is 17.3. The highest BCUT2D eigenvalue weighted by molar-refractivity contribution is 5.95. The number of carbonyl (C=O) groups is 1. The summed E-state index contributed by atoms with van der Waals surface area (Å²) in [6.07, 6.45) is 9.24. The van der Waals surface area contributed by atoms with E-state index in [1.807, 2.05) is 12.1 Å². The fraction of sp³-hybridized carbons (Fsp3) is 0.400. The van der Waals surface area contributed by atoms with Crippen LogP contribution in [0.25, 0.3) is 0 Å². The first-order valence-corrected chi connectivity index (χ1v) is 8.77. The predicted molar refractivity (Wildman–Crippen MR) is 95.9 cm³/mol. The zero-order valence-electron chi connectivity index (χ0n) is 14.5. The summed E-state index contributed by atoms with van der Waals surface area (Å²) in [7, 11) is 1.58. The molecule has 0 aliphatic heterocycles. The Hall–Kier alpha value is -2.56. The molecular weight excluding hydrogens is 316 g/mol. The van der Waals surface area contributed by atoms with Crippen LogP contribution in [0.4, 0.5) is 0 Å². The van der Waals surface area contributed by atoms with Gasteiger partial charge in [0.05, 0.1) is 7.11 Å². The van der Waals surface area contributed by atoms with Crippen molar-refractivity contribution in [1.29, 1.82) is 0 Å². The molecule has 0 bridgehead atoms. The lowest BCUT2D eigenvalue weighted by molar-refractivity contribution is 0.0927. The van der Waals surface area contributed by atoms with Gasteiger partial charge in [-0.1, -0.05) is 19.3 Å². The van der Waals surface area contributed by atoms with Crippen LogP contribution < -0.4 is 14.8 Å². The number of amides is 1. The number of hydrogen-bond donors (Lipinski definition) is 1. The van der Waals surface area contributed by atoms with Crippen molar-refractivity contribution in [2.24, 2.45) is 0 Å². The summed E-state index contributed by atoms with van der Waals surface area (Å²) in [5, 5.41) is 3.12. The molecule has 0 saturated heterocycles. The number of nitrogens with one attached hydrogen (secondary N) is 1. The molecule has 1 N–H and O–H groups in total. The van der Waals surface area contributed by atoms with Crippen LogP contribution in [0.3, 0.4) is 0 Å². The molecule has 1 aliphatic rings. The number of methoxy groups -OCH3 is 1. The molecule has 0 atom stereocenters. The molecule has 25 heavy (non-hydrogen) atoms. The normalized spacial score (nSPS) is 14.8. The van der Waals surface area contributed by atoms with Gasteiger partial charge in [-0.25, -0.2) is 0 Å². The van der Waals surface area contributed by atoms with Crippen molar-refractivity contribution < 1.29 is 14.3 Å². The van der Waals surface area contributed by atoms with Crippen molar-refractivity contribution in [2.75, 3.05) is 7.11 Å². The zero-order chi connectivity index (χ0) is 17.5. The second-order valence-corrected chi connectivity index (χ2v) is 6.32. The van der Waals surface area contributed by atoms with Crippen LogP contribution in [0.15, 0.2) is 42.7 Å². The number of carbonyl (C=O) groups excluding carboxylic acids is 1. The average Bonchev–Trinajstić information content (AvgIpc) is 2.67. The van der Waals surface area contributed by atoms with Crippen LogP contribution in [0, 0.1) is 0 Å². The second-order valence-electron chi connectivity index (χ2n) is 6.32. The Kier molecular flexibility index (Phi) is 5.88. The zero-order valence-corrected chi connectivity index (χ0v) is 14.5. The lowest BCUT2D eigenvalue weighted by atomic mass is 9.95. The summed E-state index contributed by atoms with van der Waals surface area (Å²) < 4.78 is 11.2. The Labute approximate surface area is 148 Å². The SMILES string of the molecule is COc1cc(C(=O)NC2CCCCC2)ccc1OCc1ccncc1. The van der Waals surface area contributed by atoms with E-state index in [1.165, 1.54) is 19.3 Å². The first-order chi connectivity index (χ1) is 12.3. The van der Waals surface area contributed by atoms with E-state index in [4.69, 9.17) is 9.47 Å². The summed E-state index contributed by atoms with van der Waals surface area (Å²) >= 11 is 0. The van der Waals surface area contributed by atoms with Gasteiger partial charge in [0.2, 0.25) is 0 Å². The molecule has 3 rings (SSSR count). The smallest absolute Gasteiger partial charge is 0.251 e. The van der Waals surface area contributed by atoms with Crippen molar-refractivity contribution in [3.8, 4) is 11.5 Å². The van der Waals surface area contributed by atoms with Crippen LogP contribution >= 0.6 is 0 Å². The Morgan fingerprint density at radius 1 is 1.12 bits per heavy atom. The topological polar surface area (TPSA) is 60.5 Å². The number of benzene rings is 1. The van der Waals surface area contributed by atoms with Crippen molar-refractivity contribution in [3.63, 3.8) is 0 Å². The van der Waals surface area contributed by atoms with E-state index in [0.717, 1.165) is 18.4 Å². The monoisotopic (exact) mass is 340 g/mol. The Balaban J connectivity index is 1.65. The molecule has 5 nitrogen and oxygen atoms in total. The van der Waals surface area contributed by atoms with Crippen LogP contribution in [0.5, 0.6) is 11.5 Å². The van der Waals surface area contributed by atoms with E-state index in [0.29, 0.717) is 23.7 Å². The van der Waals surface area contributed by atoms with E-state index in [9.17, 15) is 4.79 Å². The molecule has 1 amide bonds. The highest BCUT2D eigenvalue weighted by Gasteiger charge is 2.18. The molecule has 0 unspecified atom stereocenters. The van der Waals surface area contributed by atoms with Crippen LogP contribution in [0.2, 0.25) is 0 Å². The van der Waals surface area contributed by atoms with E-state index in [-0.39, 0.29) is 11.9 Å². The van der Waals surface area contributed by atoms with Crippen molar-refractivity contribution in [1.82, 2.24) is 10.3 Å². The van der Waals surface area contributed by atoms with Crippen molar-refractivity contribution >= 4 is 5.91 Å². The molecule has 1 saturated carbocycles. The summed E-state index contributed by atoms with van der Waals surface area (Å²) in [6.45, 7) is 0.423. The lowest BCUT2D eigenvalue weighted by Crippen LogP contribution is -2.36. The minimum atomic E-state index is -0.0501. The Bertz CT molecular complexity index is 697. The summed E-state index contributed by atoms with van der Waals surface area (Å²) in [6, 6.07) is 9.39. The van der Waals surface area contributed by atoms with E-state index < -0.39 is 0 Å². The third kappa shape index (κ3) is 4.72. The molecule has 1 aromatic carbocycles. The molecule has 1 aromatic heterocycles. The average molecular weight is 340 g/mol. The molecule has 5 heteroatoms. The molecule has 1 heterocycles. The fourth-order valence-electron chi connectivity index (χ4n) is 3.08. The van der Waals surface area contributed by atoms with Crippen LogP contribution in [-0.4, -0.2) is 24.0 Å². The molecule has 0 spiro atoms. The van der Waals surface area contributed by atoms with Gasteiger partial charge in [-0.3, -0.25) is 9.78 Å². The number of hydrogen-bond acceptors (Lipinski definition) is 4. The van der Waals surface area contributed by atoms with Crippen molar-refractivity contribution in [2.45, 2.75) is 44.8 Å². The van der Waals surface area contributed by atoms with Gasteiger partial charge >= 0.3 is 0 Å². The quantitative estimate of drug-likeness (QED) is 0.870. The van der Waals surface area contributed by atoms with Gasteiger partial charge in [0.25, 0.3) is 5.91 Å². The van der Waals surface area contributed by atoms with Gasteiger partial charge in [-0.2, -0.15) is 0 Å². The van der Waals surface area contributed by atoms with E-state index in [1.54, 1.807) is 37.7 Å². The van der Waals surface area contributed by atoms with Gasteiger partial charge in [0, 0.05) is 24.0 Å². The van der Waals surface area contributed by atoms with Gasteiger partial charge < -0.3 is 14.8 Å². The maximum atomic E-state index is 12.5. The highest BCUT2D eigenvalue weighted by atomic mass is 16.5.